The Morgan fingerprint density at radius 2 is 2.24 bits per heavy atom. The van der Waals surface area contributed by atoms with Crippen LogP contribution in [0.5, 0.6) is 5.88 Å². The van der Waals surface area contributed by atoms with Crippen molar-refractivity contribution in [1.82, 2.24) is 4.98 Å². The van der Waals surface area contributed by atoms with Gasteiger partial charge in [-0.1, -0.05) is 6.92 Å². The second kappa shape index (κ2) is 6.20. The van der Waals surface area contributed by atoms with Crippen LogP contribution in [0.3, 0.4) is 0 Å². The van der Waals surface area contributed by atoms with E-state index in [-0.39, 0.29) is 17.9 Å². The Hall–Kier alpha value is -1.62. The maximum absolute atomic E-state index is 11.7. The molecule has 0 radical (unpaired) electrons. The van der Waals surface area contributed by atoms with Crippen molar-refractivity contribution in [3.63, 3.8) is 0 Å². The number of carbonyl (C=O) groups excluding carboxylic acids is 1. The molecule has 0 fully saturated rings. The molecule has 17 heavy (non-hydrogen) atoms. The Labute approximate surface area is 101 Å². The van der Waals surface area contributed by atoms with Gasteiger partial charge in [0.05, 0.1) is 6.10 Å². The predicted molar refractivity (Wildman–Crippen MR) is 66.8 cm³/mol. The van der Waals surface area contributed by atoms with E-state index >= 15 is 0 Å². The first kappa shape index (κ1) is 13.4. The van der Waals surface area contributed by atoms with Crippen molar-refractivity contribution in [2.75, 3.05) is 11.9 Å². The van der Waals surface area contributed by atoms with Gasteiger partial charge in [0.25, 0.3) is 0 Å². The first-order valence-corrected chi connectivity index (χ1v) is 5.67. The van der Waals surface area contributed by atoms with Crippen LogP contribution in [0.15, 0.2) is 18.3 Å². The molecule has 0 aliphatic heterocycles. The first-order valence-electron chi connectivity index (χ1n) is 5.67. The molecule has 0 spiro atoms. The lowest BCUT2D eigenvalue weighted by Crippen LogP contribution is -2.27. The molecule has 0 saturated carbocycles. The van der Waals surface area contributed by atoms with E-state index in [9.17, 15) is 4.79 Å². The smallest absolute Gasteiger partial charge is 0.238 e. The number of aromatic nitrogens is 1. The Bertz CT molecular complexity index is 380. The van der Waals surface area contributed by atoms with Crippen LogP contribution in [0, 0.1) is 5.92 Å². The standard InChI is InChI=1S/C12H19N3O2/c1-8(2)17-12-10(5-4-6-14-12)15-11(16)9(3)7-13/h4-6,8-9H,7,13H2,1-3H3,(H,15,16). The molecule has 1 unspecified atom stereocenters. The molecule has 1 atom stereocenters. The second-order valence-corrected chi connectivity index (χ2v) is 4.15. The van der Waals surface area contributed by atoms with E-state index in [2.05, 4.69) is 10.3 Å². The van der Waals surface area contributed by atoms with Gasteiger partial charge < -0.3 is 15.8 Å². The highest BCUT2D eigenvalue weighted by Crippen LogP contribution is 2.22. The molecule has 5 nitrogen and oxygen atoms in total. The summed E-state index contributed by atoms with van der Waals surface area (Å²) in [7, 11) is 0. The Kier molecular flexibility index (Phi) is 4.90. The van der Waals surface area contributed by atoms with Gasteiger partial charge in [0.2, 0.25) is 11.8 Å². The van der Waals surface area contributed by atoms with Gasteiger partial charge in [0.15, 0.2) is 0 Å². The summed E-state index contributed by atoms with van der Waals surface area (Å²) in [6.07, 6.45) is 1.63. The molecule has 3 N–H and O–H groups in total. The van der Waals surface area contributed by atoms with Crippen molar-refractivity contribution in [2.24, 2.45) is 11.7 Å². The SMILES string of the molecule is CC(C)Oc1ncccc1NC(=O)C(C)CN. The van der Waals surface area contributed by atoms with Gasteiger partial charge >= 0.3 is 0 Å². The molecule has 94 valence electrons. The fourth-order valence-corrected chi connectivity index (χ4v) is 1.17. The van der Waals surface area contributed by atoms with Crippen LogP contribution in [0.4, 0.5) is 5.69 Å². The number of nitrogens with two attached hydrogens (primary N) is 1. The van der Waals surface area contributed by atoms with E-state index in [0.717, 1.165) is 0 Å². The predicted octanol–water partition coefficient (Wildman–Crippen LogP) is 1.40. The van der Waals surface area contributed by atoms with E-state index in [1.165, 1.54) is 0 Å². The highest BCUT2D eigenvalue weighted by atomic mass is 16.5. The average Bonchev–Trinajstić information content (AvgIpc) is 2.29. The number of ether oxygens (including phenoxy) is 1. The summed E-state index contributed by atoms with van der Waals surface area (Å²) in [4.78, 5) is 15.8. The number of rotatable bonds is 5. The third-order valence-corrected chi connectivity index (χ3v) is 2.18. The van der Waals surface area contributed by atoms with Crippen molar-refractivity contribution in [2.45, 2.75) is 26.9 Å². The van der Waals surface area contributed by atoms with Gasteiger partial charge in [-0.15, -0.1) is 0 Å². The first-order chi connectivity index (χ1) is 8.04. The molecule has 0 aromatic carbocycles. The summed E-state index contributed by atoms with van der Waals surface area (Å²) >= 11 is 0. The molecule has 0 aliphatic carbocycles. The maximum atomic E-state index is 11.7. The van der Waals surface area contributed by atoms with Crippen LogP contribution in [0.1, 0.15) is 20.8 Å². The number of carbonyl (C=O) groups is 1. The Morgan fingerprint density at radius 1 is 1.53 bits per heavy atom. The van der Waals surface area contributed by atoms with E-state index in [4.69, 9.17) is 10.5 Å². The number of hydrogen-bond donors (Lipinski definition) is 2. The number of pyridine rings is 1. The zero-order valence-electron chi connectivity index (χ0n) is 10.4. The lowest BCUT2D eigenvalue weighted by atomic mass is 10.1. The largest absolute Gasteiger partial charge is 0.473 e. The third kappa shape index (κ3) is 4.03. The fraction of sp³-hybridized carbons (Fsp3) is 0.500. The third-order valence-electron chi connectivity index (χ3n) is 2.18. The zero-order chi connectivity index (χ0) is 12.8. The van der Waals surface area contributed by atoms with Gasteiger partial charge in [-0.05, 0) is 26.0 Å². The molecule has 5 heteroatoms. The van der Waals surface area contributed by atoms with Crippen molar-refractivity contribution < 1.29 is 9.53 Å². The summed E-state index contributed by atoms with van der Waals surface area (Å²) in [6.45, 7) is 5.90. The molecule has 1 amide bonds. The Balaban J connectivity index is 2.79. The van der Waals surface area contributed by atoms with E-state index in [0.29, 0.717) is 18.1 Å². The number of nitrogens with zero attached hydrogens (tertiary/aromatic N) is 1. The topological polar surface area (TPSA) is 77.2 Å². The number of amides is 1. The highest BCUT2D eigenvalue weighted by Gasteiger charge is 2.14. The van der Waals surface area contributed by atoms with Crippen LogP contribution in [0.25, 0.3) is 0 Å². The van der Waals surface area contributed by atoms with Gasteiger partial charge in [-0.3, -0.25) is 4.79 Å². The van der Waals surface area contributed by atoms with Crippen LogP contribution < -0.4 is 15.8 Å². The lowest BCUT2D eigenvalue weighted by Gasteiger charge is -2.15. The minimum atomic E-state index is -0.234. The normalized spacial score (nSPS) is 12.3. The maximum Gasteiger partial charge on any atom is 0.238 e. The van der Waals surface area contributed by atoms with Crippen molar-refractivity contribution >= 4 is 11.6 Å². The molecular weight excluding hydrogens is 218 g/mol. The average molecular weight is 237 g/mol. The number of nitrogens with one attached hydrogen (secondary N) is 1. The van der Waals surface area contributed by atoms with E-state index in [1.54, 1.807) is 25.3 Å². The van der Waals surface area contributed by atoms with Gasteiger partial charge in [-0.2, -0.15) is 0 Å². The fourth-order valence-electron chi connectivity index (χ4n) is 1.17. The minimum absolute atomic E-state index is 0.00693. The summed E-state index contributed by atoms with van der Waals surface area (Å²) < 4.78 is 5.50. The molecule has 0 bridgehead atoms. The molecular formula is C12H19N3O2. The molecule has 1 rings (SSSR count). The molecule has 0 aliphatic rings. The van der Waals surface area contributed by atoms with Crippen molar-refractivity contribution in [3.05, 3.63) is 18.3 Å². The van der Waals surface area contributed by atoms with Crippen LogP contribution in [0.2, 0.25) is 0 Å². The van der Waals surface area contributed by atoms with Gasteiger partial charge in [-0.25, -0.2) is 4.98 Å². The van der Waals surface area contributed by atoms with Crippen LogP contribution >= 0.6 is 0 Å². The second-order valence-electron chi connectivity index (χ2n) is 4.15. The lowest BCUT2D eigenvalue weighted by molar-refractivity contribution is -0.119. The quantitative estimate of drug-likeness (QED) is 0.811. The van der Waals surface area contributed by atoms with E-state index < -0.39 is 0 Å². The monoisotopic (exact) mass is 237 g/mol. The summed E-state index contributed by atoms with van der Waals surface area (Å²) in [5, 5.41) is 2.76. The van der Waals surface area contributed by atoms with Gasteiger partial charge in [0, 0.05) is 18.7 Å². The minimum Gasteiger partial charge on any atom is -0.473 e. The molecule has 1 aromatic heterocycles. The van der Waals surface area contributed by atoms with Crippen molar-refractivity contribution in [1.29, 1.82) is 0 Å². The summed E-state index contributed by atoms with van der Waals surface area (Å²) in [5.74, 6) is 0.0660. The summed E-state index contributed by atoms with van der Waals surface area (Å²) in [5.41, 5.74) is 6.01. The highest BCUT2D eigenvalue weighted by molar-refractivity contribution is 5.93. The number of hydrogen-bond acceptors (Lipinski definition) is 4. The number of anilines is 1. The summed E-state index contributed by atoms with van der Waals surface area (Å²) in [6, 6.07) is 3.50. The van der Waals surface area contributed by atoms with Crippen LogP contribution in [-0.2, 0) is 4.79 Å². The molecule has 0 saturated heterocycles. The Morgan fingerprint density at radius 3 is 2.82 bits per heavy atom. The molecule has 1 heterocycles. The zero-order valence-corrected chi connectivity index (χ0v) is 10.4. The van der Waals surface area contributed by atoms with Gasteiger partial charge in [0.1, 0.15) is 5.69 Å². The molecule has 1 aromatic rings. The van der Waals surface area contributed by atoms with E-state index in [1.807, 2.05) is 13.8 Å². The van der Waals surface area contributed by atoms with Crippen LogP contribution in [-0.4, -0.2) is 23.5 Å². The van der Waals surface area contributed by atoms with Crippen molar-refractivity contribution in [3.8, 4) is 5.88 Å².